The lowest BCUT2D eigenvalue weighted by Crippen LogP contribution is -2.31. The molecular weight excluding hydrogens is 458 g/mol. The monoisotopic (exact) mass is 491 g/mol. The fraction of sp³-hybridized carbons (Fsp3) is 0.379. The van der Waals surface area contributed by atoms with E-state index in [2.05, 4.69) is 57.5 Å². The molecule has 2 aliphatic rings. The van der Waals surface area contributed by atoms with Crippen molar-refractivity contribution in [3.05, 3.63) is 72.0 Å². The Bertz CT molecular complexity index is 1170. The van der Waals surface area contributed by atoms with Gasteiger partial charge in [0.25, 0.3) is 0 Å². The van der Waals surface area contributed by atoms with E-state index in [-0.39, 0.29) is 0 Å². The molecule has 3 heterocycles. The number of aromatic nitrogens is 1. The fourth-order valence-electron chi connectivity index (χ4n) is 5.10. The van der Waals surface area contributed by atoms with Crippen LogP contribution in [0, 0.1) is 0 Å². The Morgan fingerprint density at radius 2 is 1.69 bits per heavy atom. The second-order valence-corrected chi connectivity index (χ2v) is 9.79. The molecule has 0 saturated carbocycles. The van der Waals surface area contributed by atoms with Gasteiger partial charge in [-0.2, -0.15) is 0 Å². The number of benzene rings is 2. The van der Waals surface area contributed by atoms with Gasteiger partial charge in [-0.1, -0.05) is 36.7 Å². The summed E-state index contributed by atoms with van der Waals surface area (Å²) in [5, 5.41) is 0.747. The lowest BCUT2D eigenvalue weighted by atomic mass is 10.1. The standard InChI is InChI=1S/C29H34ClN3O2/c1-22-27-19-24(23-7-9-25(30)10-8-23)21-32(27)16-17-33(22)26-11-12-28(29(20-26)34-2)35-18-6-15-31-13-4-3-5-14-31/h7-12,19-21H,1,3-6,13-18H2,2H3. The Morgan fingerprint density at radius 3 is 2.46 bits per heavy atom. The normalized spacial score (nSPS) is 16.3. The zero-order chi connectivity index (χ0) is 24.2. The lowest BCUT2D eigenvalue weighted by Gasteiger charge is -2.32. The van der Waals surface area contributed by atoms with Crippen molar-refractivity contribution >= 4 is 23.0 Å². The number of piperidine rings is 1. The summed E-state index contributed by atoms with van der Waals surface area (Å²) in [6, 6.07) is 16.4. The summed E-state index contributed by atoms with van der Waals surface area (Å²) < 4.78 is 14.1. The van der Waals surface area contributed by atoms with E-state index in [0.29, 0.717) is 6.61 Å². The molecule has 0 radical (unpaired) electrons. The number of methoxy groups -OCH3 is 1. The number of fused-ring (bicyclic) bond motifs is 1. The molecule has 184 valence electrons. The van der Waals surface area contributed by atoms with Crippen LogP contribution in [0.25, 0.3) is 16.8 Å². The van der Waals surface area contributed by atoms with Crippen LogP contribution < -0.4 is 14.4 Å². The van der Waals surface area contributed by atoms with E-state index in [1.807, 2.05) is 18.2 Å². The maximum absolute atomic E-state index is 6.10. The van der Waals surface area contributed by atoms with Gasteiger partial charge in [-0.15, -0.1) is 0 Å². The molecule has 1 fully saturated rings. The van der Waals surface area contributed by atoms with E-state index < -0.39 is 0 Å². The molecule has 0 bridgehead atoms. The molecule has 0 aliphatic carbocycles. The first kappa shape index (κ1) is 23.8. The van der Waals surface area contributed by atoms with Crippen LogP contribution in [-0.4, -0.2) is 49.4 Å². The van der Waals surface area contributed by atoms with Crippen LogP contribution in [0.5, 0.6) is 11.5 Å². The first-order valence-corrected chi connectivity index (χ1v) is 13.0. The van der Waals surface area contributed by atoms with Crippen molar-refractivity contribution in [2.45, 2.75) is 32.2 Å². The topological polar surface area (TPSA) is 29.9 Å². The van der Waals surface area contributed by atoms with E-state index >= 15 is 0 Å². The number of nitrogens with zero attached hydrogens (tertiary/aromatic N) is 3. The average molecular weight is 492 g/mol. The van der Waals surface area contributed by atoms with Crippen molar-refractivity contribution in [2.75, 3.05) is 44.8 Å². The van der Waals surface area contributed by atoms with Crippen molar-refractivity contribution < 1.29 is 9.47 Å². The lowest BCUT2D eigenvalue weighted by molar-refractivity contribution is 0.203. The van der Waals surface area contributed by atoms with Crippen molar-refractivity contribution in [3.8, 4) is 22.6 Å². The number of hydrogen-bond donors (Lipinski definition) is 0. The number of rotatable bonds is 8. The van der Waals surface area contributed by atoms with Gasteiger partial charge in [-0.3, -0.25) is 0 Å². The van der Waals surface area contributed by atoms with Gasteiger partial charge in [-0.25, -0.2) is 0 Å². The predicted octanol–water partition coefficient (Wildman–Crippen LogP) is 6.56. The fourth-order valence-corrected chi connectivity index (χ4v) is 5.23. The van der Waals surface area contributed by atoms with Crippen LogP contribution in [0.15, 0.2) is 61.3 Å². The summed E-state index contributed by atoms with van der Waals surface area (Å²) in [7, 11) is 1.70. The van der Waals surface area contributed by atoms with Crippen LogP contribution in [-0.2, 0) is 6.54 Å². The van der Waals surface area contributed by atoms with E-state index in [4.69, 9.17) is 21.1 Å². The molecule has 5 rings (SSSR count). The van der Waals surface area contributed by atoms with Gasteiger partial charge < -0.3 is 23.8 Å². The molecule has 2 aromatic carbocycles. The van der Waals surface area contributed by atoms with Crippen LogP contribution in [0.3, 0.4) is 0 Å². The molecule has 0 amide bonds. The molecule has 5 nitrogen and oxygen atoms in total. The Balaban J connectivity index is 1.25. The number of ether oxygens (including phenoxy) is 2. The van der Waals surface area contributed by atoms with Gasteiger partial charge in [0.1, 0.15) is 0 Å². The first-order chi connectivity index (χ1) is 17.1. The highest BCUT2D eigenvalue weighted by Crippen LogP contribution is 2.37. The third kappa shape index (κ3) is 5.36. The molecule has 1 aromatic heterocycles. The average Bonchev–Trinajstić information content (AvgIpc) is 3.33. The molecular formula is C29H34ClN3O2. The Hall–Kier alpha value is -2.89. The van der Waals surface area contributed by atoms with Crippen LogP contribution >= 0.6 is 11.6 Å². The minimum Gasteiger partial charge on any atom is -0.493 e. The molecule has 35 heavy (non-hydrogen) atoms. The molecule has 0 atom stereocenters. The second kappa shape index (κ2) is 10.8. The van der Waals surface area contributed by atoms with Gasteiger partial charge >= 0.3 is 0 Å². The highest BCUT2D eigenvalue weighted by Gasteiger charge is 2.23. The maximum atomic E-state index is 6.10. The second-order valence-electron chi connectivity index (χ2n) is 9.35. The Kier molecular flexibility index (Phi) is 7.35. The van der Waals surface area contributed by atoms with Crippen LogP contribution in [0.4, 0.5) is 5.69 Å². The van der Waals surface area contributed by atoms with Gasteiger partial charge in [0, 0.05) is 48.2 Å². The number of hydrogen-bond acceptors (Lipinski definition) is 4. The van der Waals surface area contributed by atoms with Gasteiger partial charge in [0.2, 0.25) is 0 Å². The maximum Gasteiger partial charge on any atom is 0.162 e. The van der Waals surface area contributed by atoms with Gasteiger partial charge in [0.15, 0.2) is 11.5 Å². The number of halogens is 1. The summed E-state index contributed by atoms with van der Waals surface area (Å²) in [6.07, 6.45) is 7.24. The van der Waals surface area contributed by atoms with Crippen LogP contribution in [0.1, 0.15) is 31.4 Å². The molecule has 0 unspecified atom stereocenters. The van der Waals surface area contributed by atoms with E-state index in [9.17, 15) is 0 Å². The number of anilines is 1. The Morgan fingerprint density at radius 1 is 0.886 bits per heavy atom. The number of likely N-dealkylation sites (tertiary alicyclic amines) is 1. The van der Waals surface area contributed by atoms with E-state index in [1.165, 1.54) is 37.9 Å². The van der Waals surface area contributed by atoms with Crippen molar-refractivity contribution in [1.29, 1.82) is 0 Å². The van der Waals surface area contributed by atoms with Crippen molar-refractivity contribution in [3.63, 3.8) is 0 Å². The summed E-state index contributed by atoms with van der Waals surface area (Å²) >= 11 is 6.07. The largest absolute Gasteiger partial charge is 0.493 e. The van der Waals surface area contributed by atoms with Crippen molar-refractivity contribution in [2.24, 2.45) is 0 Å². The summed E-state index contributed by atoms with van der Waals surface area (Å²) in [6.45, 7) is 10.4. The molecule has 2 aliphatic heterocycles. The third-order valence-corrected chi connectivity index (χ3v) is 7.30. The minimum atomic E-state index is 0.698. The Labute approximate surface area is 213 Å². The zero-order valence-electron chi connectivity index (χ0n) is 20.5. The molecule has 6 heteroatoms. The summed E-state index contributed by atoms with van der Waals surface area (Å²) in [5.41, 5.74) is 5.49. The van der Waals surface area contributed by atoms with Crippen LogP contribution in [0.2, 0.25) is 5.02 Å². The molecule has 0 N–H and O–H groups in total. The molecule has 0 spiro atoms. The SMILES string of the molecule is C=C1c2cc(-c3ccc(Cl)cc3)cn2CCN1c1ccc(OCCCN2CCCCC2)c(OC)c1. The highest BCUT2D eigenvalue weighted by molar-refractivity contribution is 6.30. The summed E-state index contributed by atoms with van der Waals surface area (Å²) in [4.78, 5) is 4.80. The van der Waals surface area contributed by atoms with E-state index in [0.717, 1.165) is 65.2 Å². The van der Waals surface area contributed by atoms with Crippen molar-refractivity contribution in [1.82, 2.24) is 9.47 Å². The molecule has 3 aromatic rings. The minimum absolute atomic E-state index is 0.698. The summed E-state index contributed by atoms with van der Waals surface area (Å²) in [5.74, 6) is 1.56. The third-order valence-electron chi connectivity index (χ3n) is 7.04. The van der Waals surface area contributed by atoms with Gasteiger partial charge in [0.05, 0.1) is 25.1 Å². The van der Waals surface area contributed by atoms with E-state index in [1.54, 1.807) is 7.11 Å². The highest BCUT2D eigenvalue weighted by atomic mass is 35.5. The quantitative estimate of drug-likeness (QED) is 0.334. The van der Waals surface area contributed by atoms with Gasteiger partial charge in [-0.05, 0) is 68.2 Å². The zero-order valence-corrected chi connectivity index (χ0v) is 21.3. The first-order valence-electron chi connectivity index (χ1n) is 12.6. The smallest absolute Gasteiger partial charge is 0.162 e. The predicted molar refractivity (Wildman–Crippen MR) is 145 cm³/mol. The molecule has 1 saturated heterocycles.